The molecule has 0 aliphatic carbocycles. The van der Waals surface area contributed by atoms with Gasteiger partial charge in [-0.3, -0.25) is 4.79 Å². The average Bonchev–Trinajstić information content (AvgIpc) is 3.02. The molecule has 1 amide bonds. The number of hydrogen-bond donors (Lipinski definition) is 2. The summed E-state index contributed by atoms with van der Waals surface area (Å²) in [5.41, 5.74) is 7.88. The Morgan fingerprint density at radius 1 is 1.26 bits per heavy atom. The topological polar surface area (TPSA) is 58.4 Å². The first-order chi connectivity index (χ1) is 11.1. The zero-order valence-corrected chi connectivity index (χ0v) is 12.8. The normalized spacial score (nSPS) is 17.3. The van der Waals surface area contributed by atoms with Gasteiger partial charge in [0, 0.05) is 36.6 Å². The van der Waals surface area contributed by atoms with Crippen LogP contribution in [0.3, 0.4) is 0 Å². The lowest BCUT2D eigenvalue weighted by molar-refractivity contribution is 0.0948. The van der Waals surface area contributed by atoms with Crippen LogP contribution in [-0.2, 0) is 0 Å². The Hall–Kier alpha value is -2.56. The van der Waals surface area contributed by atoms with Crippen molar-refractivity contribution < 1.29 is 9.18 Å². The Balaban J connectivity index is 1.52. The van der Waals surface area contributed by atoms with Crippen LogP contribution in [0.4, 0.5) is 15.8 Å². The Morgan fingerprint density at radius 2 is 2.04 bits per heavy atom. The third kappa shape index (κ3) is 3.80. The highest BCUT2D eigenvalue weighted by molar-refractivity contribution is 5.94. The molecule has 1 aliphatic heterocycles. The van der Waals surface area contributed by atoms with Crippen LogP contribution in [0.1, 0.15) is 16.8 Å². The lowest BCUT2D eigenvalue weighted by atomic mass is 10.1. The maximum atomic E-state index is 13.0. The van der Waals surface area contributed by atoms with Crippen molar-refractivity contribution in [2.75, 3.05) is 30.3 Å². The van der Waals surface area contributed by atoms with Crippen molar-refractivity contribution in [3.63, 3.8) is 0 Å². The van der Waals surface area contributed by atoms with E-state index in [0.717, 1.165) is 25.2 Å². The maximum absolute atomic E-state index is 13.0. The van der Waals surface area contributed by atoms with Crippen LogP contribution in [-0.4, -0.2) is 25.5 Å². The number of anilines is 2. The van der Waals surface area contributed by atoms with Crippen LogP contribution in [0.5, 0.6) is 0 Å². The van der Waals surface area contributed by atoms with Gasteiger partial charge in [-0.1, -0.05) is 6.07 Å². The summed E-state index contributed by atoms with van der Waals surface area (Å²) in [7, 11) is 0. The van der Waals surface area contributed by atoms with Crippen molar-refractivity contribution in [1.82, 2.24) is 5.32 Å². The number of carbonyl (C=O) groups is 1. The van der Waals surface area contributed by atoms with E-state index < -0.39 is 0 Å². The molecule has 1 aliphatic rings. The minimum atomic E-state index is -0.223. The SMILES string of the molecule is Nc1cccc(C(=O)NCC2CCN(c3ccc(F)cc3)C2)c1. The predicted octanol–water partition coefficient (Wildman–Crippen LogP) is 2.66. The second-order valence-electron chi connectivity index (χ2n) is 5.91. The molecule has 1 fully saturated rings. The summed E-state index contributed by atoms with van der Waals surface area (Å²) in [6.45, 7) is 2.42. The van der Waals surface area contributed by atoms with Crippen LogP contribution in [0.25, 0.3) is 0 Å². The number of nitrogen functional groups attached to an aromatic ring is 1. The van der Waals surface area contributed by atoms with Gasteiger partial charge >= 0.3 is 0 Å². The fraction of sp³-hybridized carbons (Fsp3) is 0.278. The van der Waals surface area contributed by atoms with Crippen molar-refractivity contribution in [1.29, 1.82) is 0 Å². The van der Waals surface area contributed by atoms with Crippen LogP contribution in [0.15, 0.2) is 48.5 Å². The summed E-state index contributed by atoms with van der Waals surface area (Å²) in [6, 6.07) is 13.5. The van der Waals surface area contributed by atoms with Gasteiger partial charge in [-0.05, 0) is 54.8 Å². The van der Waals surface area contributed by atoms with E-state index in [9.17, 15) is 9.18 Å². The molecule has 120 valence electrons. The molecule has 1 saturated heterocycles. The standard InChI is InChI=1S/C18H20FN3O/c19-15-4-6-17(7-5-15)22-9-8-13(12-22)11-21-18(23)14-2-1-3-16(20)10-14/h1-7,10,13H,8-9,11-12,20H2,(H,21,23). The minimum absolute atomic E-state index is 0.0995. The maximum Gasteiger partial charge on any atom is 0.251 e. The highest BCUT2D eigenvalue weighted by Gasteiger charge is 2.23. The molecule has 1 heterocycles. The molecular weight excluding hydrogens is 293 g/mol. The zero-order chi connectivity index (χ0) is 16.2. The molecule has 0 radical (unpaired) electrons. The van der Waals surface area contributed by atoms with E-state index >= 15 is 0 Å². The van der Waals surface area contributed by atoms with Gasteiger partial charge in [-0.15, -0.1) is 0 Å². The van der Waals surface area contributed by atoms with Gasteiger partial charge < -0.3 is 16.0 Å². The summed E-state index contributed by atoms with van der Waals surface area (Å²) < 4.78 is 13.0. The second-order valence-corrected chi connectivity index (χ2v) is 5.91. The van der Waals surface area contributed by atoms with Crippen LogP contribution >= 0.6 is 0 Å². The molecule has 0 saturated carbocycles. The molecule has 5 heteroatoms. The van der Waals surface area contributed by atoms with E-state index in [2.05, 4.69) is 10.2 Å². The fourth-order valence-corrected chi connectivity index (χ4v) is 2.90. The quantitative estimate of drug-likeness (QED) is 0.853. The summed E-state index contributed by atoms with van der Waals surface area (Å²) in [5.74, 6) is 0.0708. The largest absolute Gasteiger partial charge is 0.399 e. The number of hydrogen-bond acceptors (Lipinski definition) is 3. The van der Waals surface area contributed by atoms with E-state index in [-0.39, 0.29) is 11.7 Å². The molecule has 3 N–H and O–H groups in total. The number of nitrogens with two attached hydrogens (primary N) is 1. The molecular formula is C18H20FN3O. The van der Waals surface area contributed by atoms with E-state index in [0.29, 0.717) is 23.7 Å². The zero-order valence-electron chi connectivity index (χ0n) is 12.8. The van der Waals surface area contributed by atoms with E-state index in [1.807, 2.05) is 0 Å². The smallest absolute Gasteiger partial charge is 0.251 e. The molecule has 3 rings (SSSR count). The van der Waals surface area contributed by atoms with Gasteiger partial charge in [0.05, 0.1) is 0 Å². The van der Waals surface area contributed by atoms with Crippen molar-refractivity contribution in [2.24, 2.45) is 5.92 Å². The third-order valence-electron chi connectivity index (χ3n) is 4.18. The molecule has 4 nitrogen and oxygen atoms in total. The fourth-order valence-electron chi connectivity index (χ4n) is 2.90. The first-order valence-corrected chi connectivity index (χ1v) is 7.76. The summed E-state index contributed by atoms with van der Waals surface area (Å²) in [5, 5.41) is 2.97. The molecule has 0 bridgehead atoms. The number of rotatable bonds is 4. The first kappa shape index (κ1) is 15.3. The Bertz CT molecular complexity index is 687. The van der Waals surface area contributed by atoms with E-state index in [1.54, 1.807) is 36.4 Å². The number of nitrogens with one attached hydrogen (secondary N) is 1. The van der Waals surface area contributed by atoms with Crippen molar-refractivity contribution in [3.8, 4) is 0 Å². The number of benzene rings is 2. The monoisotopic (exact) mass is 313 g/mol. The summed E-state index contributed by atoms with van der Waals surface area (Å²) >= 11 is 0. The molecule has 2 aromatic rings. The average molecular weight is 313 g/mol. The third-order valence-corrected chi connectivity index (χ3v) is 4.18. The number of nitrogens with zero attached hydrogens (tertiary/aromatic N) is 1. The van der Waals surface area contributed by atoms with Gasteiger partial charge in [0.15, 0.2) is 0 Å². The molecule has 0 aromatic heterocycles. The number of halogens is 1. The number of carbonyl (C=O) groups excluding carboxylic acids is 1. The molecule has 23 heavy (non-hydrogen) atoms. The van der Waals surface area contributed by atoms with E-state index in [4.69, 9.17) is 5.73 Å². The van der Waals surface area contributed by atoms with Gasteiger partial charge in [0.2, 0.25) is 0 Å². The van der Waals surface area contributed by atoms with Gasteiger partial charge in [-0.2, -0.15) is 0 Å². The molecule has 2 aromatic carbocycles. The van der Waals surface area contributed by atoms with Crippen LogP contribution in [0.2, 0.25) is 0 Å². The molecule has 0 spiro atoms. The molecule has 1 atom stereocenters. The van der Waals surface area contributed by atoms with Gasteiger partial charge in [0.25, 0.3) is 5.91 Å². The van der Waals surface area contributed by atoms with Crippen molar-refractivity contribution in [2.45, 2.75) is 6.42 Å². The van der Waals surface area contributed by atoms with Crippen molar-refractivity contribution in [3.05, 3.63) is 59.9 Å². The first-order valence-electron chi connectivity index (χ1n) is 7.76. The highest BCUT2D eigenvalue weighted by Crippen LogP contribution is 2.23. The van der Waals surface area contributed by atoms with Crippen LogP contribution < -0.4 is 16.0 Å². The lowest BCUT2D eigenvalue weighted by Gasteiger charge is -2.18. The summed E-state index contributed by atoms with van der Waals surface area (Å²) in [6.07, 6.45) is 1.01. The Labute approximate surface area is 135 Å². The minimum Gasteiger partial charge on any atom is -0.399 e. The lowest BCUT2D eigenvalue weighted by Crippen LogP contribution is -2.31. The van der Waals surface area contributed by atoms with Gasteiger partial charge in [-0.25, -0.2) is 4.39 Å². The van der Waals surface area contributed by atoms with Crippen molar-refractivity contribution >= 4 is 17.3 Å². The Morgan fingerprint density at radius 3 is 2.78 bits per heavy atom. The summed E-state index contributed by atoms with van der Waals surface area (Å²) in [4.78, 5) is 14.3. The predicted molar refractivity (Wildman–Crippen MR) is 89.9 cm³/mol. The molecule has 1 unspecified atom stereocenters. The van der Waals surface area contributed by atoms with Gasteiger partial charge in [0.1, 0.15) is 5.82 Å². The number of amides is 1. The van der Waals surface area contributed by atoms with E-state index in [1.165, 1.54) is 12.1 Å². The second kappa shape index (κ2) is 6.69. The van der Waals surface area contributed by atoms with Crippen LogP contribution in [0, 0.1) is 11.7 Å². The Kier molecular flexibility index (Phi) is 4.46. The highest BCUT2D eigenvalue weighted by atomic mass is 19.1.